The van der Waals surface area contributed by atoms with Crippen LogP contribution in [-0.2, 0) is 11.2 Å². The van der Waals surface area contributed by atoms with Crippen molar-refractivity contribution >= 4 is 17.3 Å². The Morgan fingerprint density at radius 1 is 1.26 bits per heavy atom. The van der Waals surface area contributed by atoms with Gasteiger partial charge in [-0.05, 0) is 18.1 Å². The fraction of sp³-hybridized carbons (Fsp3) is 0.250. The first-order chi connectivity index (χ1) is 11.0. The van der Waals surface area contributed by atoms with E-state index in [1.165, 1.54) is 19.2 Å². The van der Waals surface area contributed by atoms with Crippen LogP contribution in [0.3, 0.4) is 0 Å². The van der Waals surface area contributed by atoms with E-state index in [-0.39, 0.29) is 11.6 Å². The molecule has 0 fully saturated rings. The average Bonchev–Trinajstić information content (AvgIpc) is 2.57. The lowest BCUT2D eigenvalue weighted by molar-refractivity contribution is -0.384. The molecule has 0 saturated carbocycles. The van der Waals surface area contributed by atoms with Crippen molar-refractivity contribution < 1.29 is 14.5 Å². The molecule has 2 heterocycles. The van der Waals surface area contributed by atoms with Gasteiger partial charge < -0.3 is 9.64 Å². The number of anilines is 1. The number of amides is 1. The van der Waals surface area contributed by atoms with Crippen molar-refractivity contribution in [3.05, 3.63) is 46.3 Å². The van der Waals surface area contributed by atoms with Crippen molar-refractivity contribution in [1.82, 2.24) is 4.98 Å². The van der Waals surface area contributed by atoms with Crippen LogP contribution in [-0.4, -0.2) is 30.0 Å². The first-order valence-corrected chi connectivity index (χ1v) is 7.08. The topological polar surface area (TPSA) is 85.6 Å². The Labute approximate surface area is 132 Å². The predicted molar refractivity (Wildman–Crippen MR) is 84.6 cm³/mol. The standard InChI is InChI=1S/C16H15N3O4/c1-18-15(20)4-3-10-5-12(19(21)22)7-14(16(10)18)11-6-13(23-2)9-17-8-11/h5-9H,3-4H2,1-2H3. The van der Waals surface area contributed by atoms with Gasteiger partial charge in [0.15, 0.2) is 0 Å². The third kappa shape index (κ3) is 2.61. The molecule has 0 aliphatic carbocycles. The summed E-state index contributed by atoms with van der Waals surface area (Å²) in [5, 5.41) is 11.2. The van der Waals surface area contributed by atoms with Crippen LogP contribution >= 0.6 is 0 Å². The van der Waals surface area contributed by atoms with E-state index >= 15 is 0 Å². The molecule has 0 unspecified atom stereocenters. The second-order valence-corrected chi connectivity index (χ2v) is 5.32. The van der Waals surface area contributed by atoms with Crippen molar-refractivity contribution in [3.8, 4) is 16.9 Å². The molecule has 1 aromatic carbocycles. The number of rotatable bonds is 3. The molecule has 7 heteroatoms. The van der Waals surface area contributed by atoms with Crippen molar-refractivity contribution in [2.24, 2.45) is 0 Å². The highest BCUT2D eigenvalue weighted by Crippen LogP contribution is 2.40. The van der Waals surface area contributed by atoms with Gasteiger partial charge in [0, 0.05) is 42.9 Å². The molecule has 0 bridgehead atoms. The van der Waals surface area contributed by atoms with Crippen LogP contribution in [0.2, 0.25) is 0 Å². The number of carbonyl (C=O) groups excluding carboxylic acids is 1. The van der Waals surface area contributed by atoms with Gasteiger partial charge in [0.1, 0.15) is 5.75 Å². The SMILES string of the molecule is COc1cncc(-c2cc([N+](=O)[O-])cc3c2N(C)C(=O)CC3)c1. The second kappa shape index (κ2) is 5.68. The van der Waals surface area contributed by atoms with Gasteiger partial charge in [0.25, 0.3) is 5.69 Å². The normalized spacial score (nSPS) is 13.7. The van der Waals surface area contributed by atoms with E-state index < -0.39 is 4.92 Å². The van der Waals surface area contributed by atoms with Gasteiger partial charge in [-0.15, -0.1) is 0 Å². The summed E-state index contributed by atoms with van der Waals surface area (Å²) in [4.78, 5) is 28.5. The first kappa shape index (κ1) is 15.0. The van der Waals surface area contributed by atoms with Crippen LogP contribution in [0.4, 0.5) is 11.4 Å². The van der Waals surface area contributed by atoms with Gasteiger partial charge in [0.2, 0.25) is 5.91 Å². The fourth-order valence-corrected chi connectivity index (χ4v) is 2.80. The van der Waals surface area contributed by atoms with E-state index in [1.54, 1.807) is 30.4 Å². The molecule has 0 N–H and O–H groups in total. The van der Waals surface area contributed by atoms with Crippen LogP contribution < -0.4 is 9.64 Å². The summed E-state index contributed by atoms with van der Waals surface area (Å²) in [6, 6.07) is 4.76. The second-order valence-electron chi connectivity index (χ2n) is 5.32. The van der Waals surface area contributed by atoms with Crippen molar-refractivity contribution in [2.45, 2.75) is 12.8 Å². The number of nitro benzene ring substituents is 1. The third-order valence-corrected chi connectivity index (χ3v) is 3.96. The highest BCUT2D eigenvalue weighted by atomic mass is 16.6. The average molecular weight is 313 g/mol. The van der Waals surface area contributed by atoms with Crippen molar-refractivity contribution in [3.63, 3.8) is 0 Å². The molecule has 23 heavy (non-hydrogen) atoms. The number of benzene rings is 1. The van der Waals surface area contributed by atoms with E-state index in [1.807, 2.05) is 0 Å². The molecule has 1 amide bonds. The number of pyridine rings is 1. The number of hydrogen-bond acceptors (Lipinski definition) is 5. The van der Waals surface area contributed by atoms with E-state index in [2.05, 4.69) is 4.98 Å². The zero-order valence-corrected chi connectivity index (χ0v) is 12.8. The lowest BCUT2D eigenvalue weighted by Crippen LogP contribution is -2.31. The minimum atomic E-state index is -0.423. The Balaban J connectivity index is 2.26. The summed E-state index contributed by atoms with van der Waals surface area (Å²) < 4.78 is 5.17. The summed E-state index contributed by atoms with van der Waals surface area (Å²) in [7, 11) is 3.21. The molecule has 0 saturated heterocycles. The molecular weight excluding hydrogens is 298 g/mol. The number of methoxy groups -OCH3 is 1. The first-order valence-electron chi connectivity index (χ1n) is 7.08. The number of non-ortho nitro benzene ring substituents is 1. The molecule has 0 spiro atoms. The molecule has 0 radical (unpaired) electrons. The number of nitrogens with zero attached hydrogens (tertiary/aromatic N) is 3. The Bertz CT molecular complexity index is 804. The summed E-state index contributed by atoms with van der Waals surface area (Å²) >= 11 is 0. The monoisotopic (exact) mass is 313 g/mol. The number of aryl methyl sites for hydroxylation is 1. The van der Waals surface area contributed by atoms with Crippen LogP contribution in [0, 0.1) is 10.1 Å². The maximum Gasteiger partial charge on any atom is 0.270 e. The zero-order valence-electron chi connectivity index (χ0n) is 12.8. The van der Waals surface area contributed by atoms with Crippen LogP contribution in [0.15, 0.2) is 30.6 Å². The smallest absolute Gasteiger partial charge is 0.270 e. The van der Waals surface area contributed by atoms with E-state index in [9.17, 15) is 14.9 Å². The number of hydrogen-bond donors (Lipinski definition) is 0. The minimum Gasteiger partial charge on any atom is -0.495 e. The van der Waals surface area contributed by atoms with Gasteiger partial charge in [-0.2, -0.15) is 0 Å². The Kier molecular flexibility index (Phi) is 3.69. The van der Waals surface area contributed by atoms with Crippen LogP contribution in [0.25, 0.3) is 11.1 Å². The Morgan fingerprint density at radius 2 is 2.04 bits per heavy atom. The maximum absolute atomic E-state index is 12.0. The molecule has 118 valence electrons. The summed E-state index contributed by atoms with van der Waals surface area (Å²) in [6.45, 7) is 0. The quantitative estimate of drug-likeness (QED) is 0.642. The Morgan fingerprint density at radius 3 is 2.74 bits per heavy atom. The summed E-state index contributed by atoms with van der Waals surface area (Å²) in [5.41, 5.74) is 2.77. The van der Waals surface area contributed by atoms with E-state index in [0.29, 0.717) is 35.4 Å². The third-order valence-electron chi connectivity index (χ3n) is 3.96. The lowest BCUT2D eigenvalue weighted by atomic mass is 9.93. The molecule has 1 aromatic heterocycles. The van der Waals surface area contributed by atoms with Gasteiger partial charge in [0.05, 0.1) is 23.9 Å². The van der Waals surface area contributed by atoms with Crippen LogP contribution in [0.1, 0.15) is 12.0 Å². The summed E-state index contributed by atoms with van der Waals surface area (Å²) in [6.07, 6.45) is 4.00. The molecule has 7 nitrogen and oxygen atoms in total. The fourth-order valence-electron chi connectivity index (χ4n) is 2.80. The van der Waals surface area contributed by atoms with Gasteiger partial charge >= 0.3 is 0 Å². The molecule has 2 aromatic rings. The van der Waals surface area contributed by atoms with Gasteiger partial charge in [-0.3, -0.25) is 19.9 Å². The number of fused-ring (bicyclic) bond motifs is 1. The van der Waals surface area contributed by atoms with Crippen molar-refractivity contribution in [2.75, 3.05) is 19.1 Å². The Hall–Kier alpha value is -2.96. The van der Waals surface area contributed by atoms with Crippen LogP contribution in [0.5, 0.6) is 5.75 Å². The minimum absolute atomic E-state index is 0.00400. The largest absolute Gasteiger partial charge is 0.495 e. The molecule has 0 atom stereocenters. The molecular formula is C16H15N3O4. The van der Waals surface area contributed by atoms with E-state index in [4.69, 9.17) is 4.74 Å². The summed E-state index contributed by atoms with van der Waals surface area (Å²) in [5.74, 6) is 0.538. The number of ether oxygens (including phenoxy) is 1. The van der Waals surface area contributed by atoms with Crippen molar-refractivity contribution in [1.29, 1.82) is 0 Å². The lowest BCUT2D eigenvalue weighted by Gasteiger charge is -2.28. The van der Waals surface area contributed by atoms with E-state index in [0.717, 1.165) is 5.56 Å². The highest BCUT2D eigenvalue weighted by molar-refractivity contribution is 6.01. The molecule has 1 aliphatic rings. The van der Waals surface area contributed by atoms with Gasteiger partial charge in [-0.25, -0.2) is 0 Å². The van der Waals surface area contributed by atoms with Gasteiger partial charge in [-0.1, -0.05) is 0 Å². The number of nitro groups is 1. The zero-order chi connectivity index (χ0) is 16.6. The highest BCUT2D eigenvalue weighted by Gasteiger charge is 2.27. The number of aromatic nitrogens is 1. The molecule has 1 aliphatic heterocycles. The predicted octanol–water partition coefficient (Wildman–Crippen LogP) is 2.57. The number of carbonyl (C=O) groups is 1. The maximum atomic E-state index is 12.0. The molecule has 3 rings (SSSR count).